The third-order valence-corrected chi connectivity index (χ3v) is 8.57. The van der Waals surface area contributed by atoms with E-state index in [0.29, 0.717) is 26.1 Å². The molecule has 0 aromatic heterocycles. The Morgan fingerprint density at radius 2 is 1.86 bits per heavy atom. The van der Waals surface area contributed by atoms with Crippen molar-refractivity contribution in [2.24, 2.45) is 0 Å². The minimum atomic E-state index is -1.20. The van der Waals surface area contributed by atoms with Crippen LogP contribution in [0, 0.1) is 22.7 Å². The molecule has 1 saturated heterocycles. The van der Waals surface area contributed by atoms with Crippen molar-refractivity contribution in [3.05, 3.63) is 77.4 Å². The highest BCUT2D eigenvalue weighted by Crippen LogP contribution is 2.43. The van der Waals surface area contributed by atoms with Gasteiger partial charge in [-0.15, -0.1) is 0 Å². The standard InChI is InChI=1S/C29H36N4O2Si/c1-36(2,3)15-8-7-13-23-26(18-31)33-25(24(17-30)32-23)16-22-12-9-14-28(34)29(22)27(33)20-35-19-21-10-5-4-6-11-21/h4-12,14,23-27,32,34H,13,15-16,19-20H2,1-3H3/b8-7+/t23-,24+,25-,26+,27-/m0/s1. The second kappa shape index (κ2) is 11.4. The summed E-state index contributed by atoms with van der Waals surface area (Å²) in [4.78, 5) is 2.15. The van der Waals surface area contributed by atoms with Gasteiger partial charge in [0.2, 0.25) is 0 Å². The van der Waals surface area contributed by atoms with Gasteiger partial charge >= 0.3 is 0 Å². The van der Waals surface area contributed by atoms with Crippen LogP contribution < -0.4 is 5.32 Å². The average molecular weight is 501 g/mol. The summed E-state index contributed by atoms with van der Waals surface area (Å²) in [6.07, 6.45) is 5.66. The first-order chi connectivity index (χ1) is 17.3. The number of allylic oxidation sites excluding steroid dienone is 1. The topological polar surface area (TPSA) is 92.3 Å². The summed E-state index contributed by atoms with van der Waals surface area (Å²) in [5, 5.41) is 34.8. The van der Waals surface area contributed by atoms with Crippen molar-refractivity contribution >= 4 is 8.07 Å². The first-order valence-electron chi connectivity index (χ1n) is 12.7. The fraction of sp³-hybridized carbons (Fsp3) is 0.448. The summed E-state index contributed by atoms with van der Waals surface area (Å²) in [5.41, 5.74) is 2.89. The van der Waals surface area contributed by atoms with Crippen molar-refractivity contribution in [2.45, 2.75) is 75.3 Å². The number of hydrogen-bond donors (Lipinski definition) is 2. The number of ether oxygens (including phenoxy) is 1. The minimum Gasteiger partial charge on any atom is -0.508 e. The molecule has 0 spiro atoms. The molecule has 0 radical (unpaired) electrons. The van der Waals surface area contributed by atoms with Crippen LogP contribution in [0.5, 0.6) is 5.75 Å². The highest BCUT2D eigenvalue weighted by molar-refractivity contribution is 6.76. The number of fused-ring (bicyclic) bond motifs is 2. The van der Waals surface area contributed by atoms with Crippen LogP contribution in [0.1, 0.15) is 29.2 Å². The summed E-state index contributed by atoms with van der Waals surface area (Å²) in [6, 6.07) is 20.1. The van der Waals surface area contributed by atoms with Crippen molar-refractivity contribution in [3.8, 4) is 17.9 Å². The highest BCUT2D eigenvalue weighted by Gasteiger charge is 2.49. The summed E-state index contributed by atoms with van der Waals surface area (Å²) in [5.74, 6) is 0.217. The number of rotatable bonds is 8. The zero-order valence-corrected chi connectivity index (χ0v) is 22.4. The summed E-state index contributed by atoms with van der Waals surface area (Å²) in [7, 11) is -1.20. The number of phenolic OH excluding ortho intramolecular Hbond substituents is 1. The number of aromatic hydroxyl groups is 1. The Kier molecular flexibility index (Phi) is 8.28. The monoisotopic (exact) mass is 500 g/mol. The maximum absolute atomic E-state index is 10.9. The predicted molar refractivity (Wildman–Crippen MR) is 144 cm³/mol. The van der Waals surface area contributed by atoms with E-state index in [1.165, 1.54) is 0 Å². The predicted octanol–water partition coefficient (Wildman–Crippen LogP) is 4.92. The lowest BCUT2D eigenvalue weighted by Crippen LogP contribution is -2.69. The molecule has 0 saturated carbocycles. The van der Waals surface area contributed by atoms with Crippen LogP contribution in [0.4, 0.5) is 0 Å². The molecule has 4 rings (SSSR count). The largest absolute Gasteiger partial charge is 0.508 e. The van der Waals surface area contributed by atoms with Crippen molar-refractivity contribution in [3.63, 3.8) is 0 Å². The quantitative estimate of drug-likeness (QED) is 0.395. The fourth-order valence-electron chi connectivity index (χ4n) is 5.39. The fourth-order valence-corrected chi connectivity index (χ4v) is 6.27. The van der Waals surface area contributed by atoms with Gasteiger partial charge in [0.05, 0.1) is 31.4 Å². The maximum Gasteiger partial charge on any atom is 0.120 e. The zero-order valence-electron chi connectivity index (χ0n) is 21.4. The Hall–Kier alpha value is -2.94. The second-order valence-corrected chi connectivity index (χ2v) is 16.5. The molecule has 2 aromatic carbocycles. The molecule has 2 heterocycles. The number of benzene rings is 2. The molecule has 0 bridgehead atoms. The molecule has 188 valence electrons. The Morgan fingerprint density at radius 3 is 2.56 bits per heavy atom. The van der Waals surface area contributed by atoms with E-state index in [2.05, 4.69) is 54.1 Å². The van der Waals surface area contributed by atoms with E-state index < -0.39 is 20.2 Å². The van der Waals surface area contributed by atoms with E-state index in [9.17, 15) is 15.6 Å². The molecule has 0 aliphatic carbocycles. The van der Waals surface area contributed by atoms with Crippen LogP contribution in [0.25, 0.3) is 0 Å². The van der Waals surface area contributed by atoms with Crippen LogP contribution in [0.2, 0.25) is 25.7 Å². The van der Waals surface area contributed by atoms with Crippen molar-refractivity contribution < 1.29 is 9.84 Å². The Bertz CT molecular complexity index is 1150. The summed E-state index contributed by atoms with van der Waals surface area (Å²) in [6.45, 7) is 7.77. The first kappa shape index (κ1) is 26.1. The smallest absolute Gasteiger partial charge is 0.120 e. The lowest BCUT2D eigenvalue weighted by Gasteiger charge is -2.52. The molecule has 0 amide bonds. The third kappa shape index (κ3) is 5.88. The number of piperazine rings is 1. The SMILES string of the molecule is C[Si](C)(C)C/C=C/C[C@@H]1N[C@H](C#N)[C@@H]2Cc3cccc(O)c3[C@H](COCc3ccccc3)N2[C@@H]1C#N. The van der Waals surface area contributed by atoms with E-state index in [1.54, 1.807) is 6.07 Å². The van der Waals surface area contributed by atoms with Gasteiger partial charge in [-0.05, 0) is 36.1 Å². The lowest BCUT2D eigenvalue weighted by atomic mass is 9.80. The number of nitriles is 2. The summed E-state index contributed by atoms with van der Waals surface area (Å²) >= 11 is 0. The highest BCUT2D eigenvalue weighted by atomic mass is 28.3. The van der Waals surface area contributed by atoms with Gasteiger partial charge in [0.1, 0.15) is 17.8 Å². The van der Waals surface area contributed by atoms with Crippen LogP contribution >= 0.6 is 0 Å². The van der Waals surface area contributed by atoms with Gasteiger partial charge in [-0.25, -0.2) is 0 Å². The number of phenols is 1. The number of nitrogens with zero attached hydrogens (tertiary/aromatic N) is 3. The molecule has 6 nitrogen and oxygen atoms in total. The van der Waals surface area contributed by atoms with E-state index in [0.717, 1.165) is 22.7 Å². The van der Waals surface area contributed by atoms with Crippen molar-refractivity contribution in [2.75, 3.05) is 6.61 Å². The number of nitrogens with one attached hydrogen (secondary N) is 1. The lowest BCUT2D eigenvalue weighted by molar-refractivity contribution is -0.0258. The third-order valence-electron chi connectivity index (χ3n) is 7.10. The van der Waals surface area contributed by atoms with E-state index in [-0.39, 0.29) is 23.9 Å². The molecule has 1 fully saturated rings. The molecule has 0 unspecified atom stereocenters. The van der Waals surface area contributed by atoms with Gasteiger partial charge in [0.15, 0.2) is 0 Å². The Labute approximate surface area is 215 Å². The Balaban J connectivity index is 1.63. The molecule has 36 heavy (non-hydrogen) atoms. The van der Waals surface area contributed by atoms with Crippen molar-refractivity contribution in [1.29, 1.82) is 10.5 Å². The minimum absolute atomic E-state index is 0.179. The van der Waals surface area contributed by atoms with Crippen LogP contribution in [0.15, 0.2) is 60.7 Å². The van der Waals surface area contributed by atoms with Crippen LogP contribution in [0.3, 0.4) is 0 Å². The van der Waals surface area contributed by atoms with Gasteiger partial charge in [0, 0.05) is 25.7 Å². The van der Waals surface area contributed by atoms with Crippen LogP contribution in [-0.4, -0.2) is 48.9 Å². The van der Waals surface area contributed by atoms with Gasteiger partial charge in [-0.3, -0.25) is 10.2 Å². The van der Waals surface area contributed by atoms with E-state index >= 15 is 0 Å². The van der Waals surface area contributed by atoms with Crippen LogP contribution in [-0.2, 0) is 17.8 Å². The first-order valence-corrected chi connectivity index (χ1v) is 16.4. The molecular formula is C29H36N4O2Si. The molecule has 2 aliphatic heterocycles. The van der Waals surface area contributed by atoms with Gasteiger partial charge < -0.3 is 9.84 Å². The van der Waals surface area contributed by atoms with Gasteiger partial charge in [-0.1, -0.05) is 74.3 Å². The van der Waals surface area contributed by atoms with Gasteiger partial charge in [-0.2, -0.15) is 10.5 Å². The van der Waals surface area contributed by atoms with Crippen molar-refractivity contribution in [1.82, 2.24) is 10.2 Å². The average Bonchev–Trinajstić information content (AvgIpc) is 2.86. The Morgan fingerprint density at radius 1 is 1.08 bits per heavy atom. The summed E-state index contributed by atoms with van der Waals surface area (Å²) < 4.78 is 6.18. The zero-order chi connectivity index (χ0) is 25.7. The second-order valence-electron chi connectivity index (χ2n) is 11.0. The van der Waals surface area contributed by atoms with E-state index in [1.807, 2.05) is 42.5 Å². The molecule has 2 aromatic rings. The molecule has 2 aliphatic rings. The van der Waals surface area contributed by atoms with E-state index in [4.69, 9.17) is 4.74 Å². The molecule has 2 N–H and O–H groups in total. The molecule has 7 heteroatoms. The maximum atomic E-state index is 10.9. The van der Waals surface area contributed by atoms with Gasteiger partial charge in [0.25, 0.3) is 0 Å². The molecular weight excluding hydrogens is 464 g/mol. The molecule has 5 atom stereocenters. The number of hydrogen-bond acceptors (Lipinski definition) is 6. The normalized spacial score (nSPS) is 26.1.